The predicted octanol–water partition coefficient (Wildman–Crippen LogP) is 2.83. The van der Waals surface area contributed by atoms with Crippen LogP contribution in [0, 0.1) is 28.6 Å². The van der Waals surface area contributed by atoms with Crippen LogP contribution in [0.1, 0.15) is 40.5 Å². The van der Waals surface area contributed by atoms with E-state index in [4.69, 9.17) is 9.47 Å². The molecule has 0 N–H and O–H groups in total. The second-order valence-corrected chi connectivity index (χ2v) is 5.78. The molecule has 0 aromatic carbocycles. The molecule has 0 aromatic heterocycles. The Morgan fingerprint density at radius 3 is 2.81 bits per heavy atom. The van der Waals surface area contributed by atoms with Crippen molar-refractivity contribution in [2.24, 2.45) is 16.7 Å². The Labute approximate surface area is 98.7 Å². The maximum Gasteiger partial charge on any atom is 0.164 e. The summed E-state index contributed by atoms with van der Waals surface area (Å²) < 4.78 is 11.7. The number of ether oxygens (including phenoxy) is 2. The molecule has 1 saturated heterocycles. The minimum Gasteiger partial charge on any atom is -0.352 e. The number of fused-ring (bicyclic) bond motifs is 2. The van der Waals surface area contributed by atoms with E-state index in [9.17, 15) is 0 Å². The summed E-state index contributed by atoms with van der Waals surface area (Å²) >= 11 is 0. The summed E-state index contributed by atoms with van der Waals surface area (Å²) in [6.45, 7) is 10.2. The molecule has 2 rings (SSSR count). The quantitative estimate of drug-likeness (QED) is 0.669. The van der Waals surface area contributed by atoms with Gasteiger partial charge < -0.3 is 9.47 Å². The Balaban J connectivity index is 2.11. The highest BCUT2D eigenvalue weighted by molar-refractivity contribution is 5.05. The van der Waals surface area contributed by atoms with Crippen LogP contribution in [0.25, 0.3) is 0 Å². The molecule has 3 atom stereocenters. The van der Waals surface area contributed by atoms with Gasteiger partial charge in [-0.05, 0) is 31.1 Å². The molecule has 2 bridgehead atoms. The highest BCUT2D eigenvalue weighted by Crippen LogP contribution is 2.61. The molecular formula is C14H22O2. The fourth-order valence-corrected chi connectivity index (χ4v) is 3.15. The van der Waals surface area contributed by atoms with Crippen LogP contribution in [-0.2, 0) is 9.47 Å². The van der Waals surface area contributed by atoms with E-state index in [0.29, 0.717) is 17.9 Å². The third kappa shape index (κ3) is 1.58. The van der Waals surface area contributed by atoms with Crippen molar-refractivity contribution >= 4 is 0 Å². The van der Waals surface area contributed by atoms with Gasteiger partial charge in [0.15, 0.2) is 6.29 Å². The summed E-state index contributed by atoms with van der Waals surface area (Å²) in [6, 6.07) is 0. The first kappa shape index (κ1) is 12.0. The molecule has 0 aromatic rings. The first-order valence-corrected chi connectivity index (χ1v) is 6.15. The first-order valence-electron chi connectivity index (χ1n) is 6.15. The third-order valence-electron chi connectivity index (χ3n) is 4.96. The Morgan fingerprint density at radius 1 is 1.38 bits per heavy atom. The van der Waals surface area contributed by atoms with Crippen molar-refractivity contribution in [3.8, 4) is 11.8 Å². The van der Waals surface area contributed by atoms with Gasteiger partial charge >= 0.3 is 0 Å². The zero-order chi connectivity index (χ0) is 11.8. The highest BCUT2D eigenvalue weighted by Gasteiger charge is 2.59. The summed E-state index contributed by atoms with van der Waals surface area (Å²) in [5, 5.41) is 0. The van der Waals surface area contributed by atoms with E-state index in [1.807, 2.05) is 6.92 Å². The Kier molecular flexibility index (Phi) is 3.03. The largest absolute Gasteiger partial charge is 0.352 e. The molecule has 0 radical (unpaired) electrons. The van der Waals surface area contributed by atoms with Gasteiger partial charge in [0.25, 0.3) is 0 Å². The smallest absolute Gasteiger partial charge is 0.164 e. The fraction of sp³-hybridized carbons (Fsp3) is 0.857. The number of hydrogen-bond acceptors (Lipinski definition) is 2. The topological polar surface area (TPSA) is 18.5 Å². The SMILES string of the molecule is CC#CCO[C@@H]1OC[C@H]2CC[C@]1(C)C2(C)C. The van der Waals surface area contributed by atoms with Crippen molar-refractivity contribution in [1.29, 1.82) is 0 Å². The molecule has 2 nitrogen and oxygen atoms in total. The van der Waals surface area contributed by atoms with Gasteiger partial charge in [-0.15, -0.1) is 5.92 Å². The highest BCUT2D eigenvalue weighted by atomic mass is 16.7. The van der Waals surface area contributed by atoms with E-state index in [2.05, 4.69) is 32.6 Å². The minimum atomic E-state index is -0.0814. The zero-order valence-electron chi connectivity index (χ0n) is 10.8. The van der Waals surface area contributed by atoms with Crippen LogP contribution in [0.5, 0.6) is 0 Å². The lowest BCUT2D eigenvalue weighted by molar-refractivity contribution is -0.258. The van der Waals surface area contributed by atoms with Gasteiger partial charge in [-0.2, -0.15) is 0 Å². The summed E-state index contributed by atoms with van der Waals surface area (Å²) in [6.07, 6.45) is 2.39. The van der Waals surface area contributed by atoms with E-state index < -0.39 is 0 Å². The number of rotatable bonds is 2. The van der Waals surface area contributed by atoms with E-state index in [-0.39, 0.29) is 11.7 Å². The van der Waals surface area contributed by atoms with Gasteiger partial charge in [-0.25, -0.2) is 0 Å². The maximum absolute atomic E-state index is 5.86. The van der Waals surface area contributed by atoms with E-state index >= 15 is 0 Å². The molecule has 1 aliphatic carbocycles. The van der Waals surface area contributed by atoms with Crippen molar-refractivity contribution in [1.82, 2.24) is 0 Å². The molecule has 0 amide bonds. The average molecular weight is 222 g/mol. The molecule has 90 valence electrons. The Hall–Kier alpha value is -0.520. The third-order valence-corrected chi connectivity index (χ3v) is 4.96. The zero-order valence-corrected chi connectivity index (χ0v) is 10.8. The van der Waals surface area contributed by atoms with Crippen molar-refractivity contribution in [3.63, 3.8) is 0 Å². The fourth-order valence-electron chi connectivity index (χ4n) is 3.15. The lowest BCUT2D eigenvalue weighted by Crippen LogP contribution is -2.51. The molecule has 2 aliphatic rings. The van der Waals surface area contributed by atoms with E-state index in [0.717, 1.165) is 6.61 Å². The van der Waals surface area contributed by atoms with Crippen LogP contribution in [-0.4, -0.2) is 19.5 Å². The normalized spacial score (nSPS) is 40.2. The van der Waals surface area contributed by atoms with Crippen LogP contribution >= 0.6 is 0 Å². The lowest BCUT2D eigenvalue weighted by atomic mass is 9.64. The van der Waals surface area contributed by atoms with Crippen molar-refractivity contribution in [3.05, 3.63) is 0 Å². The summed E-state index contributed by atoms with van der Waals surface area (Å²) in [4.78, 5) is 0. The van der Waals surface area contributed by atoms with Crippen LogP contribution in [0.3, 0.4) is 0 Å². The molecule has 1 aliphatic heterocycles. The van der Waals surface area contributed by atoms with Crippen LogP contribution < -0.4 is 0 Å². The number of hydrogen-bond donors (Lipinski definition) is 0. The summed E-state index contributed by atoms with van der Waals surface area (Å²) in [5.74, 6) is 6.49. The van der Waals surface area contributed by atoms with E-state index in [1.54, 1.807) is 0 Å². The van der Waals surface area contributed by atoms with Crippen molar-refractivity contribution in [2.45, 2.75) is 46.8 Å². The molecule has 2 heteroatoms. The molecule has 2 fully saturated rings. The molecule has 1 saturated carbocycles. The standard InChI is InChI=1S/C14H22O2/c1-5-6-9-15-12-14(4)8-7-11(10-16-12)13(14,2)3/h11-12H,7-10H2,1-4H3/t11-,12-,14+/m1/s1. The lowest BCUT2D eigenvalue weighted by Gasteiger charge is -2.49. The average Bonchev–Trinajstić information content (AvgIpc) is 2.39. The van der Waals surface area contributed by atoms with Crippen LogP contribution in [0.15, 0.2) is 0 Å². The van der Waals surface area contributed by atoms with Gasteiger partial charge in [-0.3, -0.25) is 0 Å². The molecule has 0 unspecified atom stereocenters. The molecule has 16 heavy (non-hydrogen) atoms. The second-order valence-electron chi connectivity index (χ2n) is 5.78. The summed E-state index contributed by atoms with van der Waals surface area (Å²) in [7, 11) is 0. The predicted molar refractivity (Wildman–Crippen MR) is 63.8 cm³/mol. The Morgan fingerprint density at radius 2 is 2.12 bits per heavy atom. The maximum atomic E-state index is 5.86. The first-order chi connectivity index (χ1) is 7.52. The van der Waals surface area contributed by atoms with E-state index in [1.165, 1.54) is 12.8 Å². The summed E-state index contributed by atoms with van der Waals surface area (Å²) in [5.41, 5.74) is 0.459. The molecule has 0 spiro atoms. The van der Waals surface area contributed by atoms with Crippen molar-refractivity contribution < 1.29 is 9.47 Å². The van der Waals surface area contributed by atoms with Gasteiger partial charge in [-0.1, -0.05) is 26.7 Å². The van der Waals surface area contributed by atoms with Gasteiger partial charge in [0.1, 0.15) is 6.61 Å². The Bertz CT molecular complexity index is 323. The second kappa shape index (κ2) is 4.05. The van der Waals surface area contributed by atoms with Gasteiger partial charge in [0.2, 0.25) is 0 Å². The van der Waals surface area contributed by atoms with Crippen LogP contribution in [0.2, 0.25) is 0 Å². The van der Waals surface area contributed by atoms with Gasteiger partial charge in [0.05, 0.1) is 6.61 Å². The van der Waals surface area contributed by atoms with Gasteiger partial charge in [0, 0.05) is 5.41 Å². The molecule has 1 heterocycles. The minimum absolute atomic E-state index is 0.0814. The molecular weight excluding hydrogens is 200 g/mol. The van der Waals surface area contributed by atoms with Crippen LogP contribution in [0.4, 0.5) is 0 Å². The monoisotopic (exact) mass is 222 g/mol. The van der Waals surface area contributed by atoms with Crippen molar-refractivity contribution in [2.75, 3.05) is 13.2 Å².